The highest BCUT2D eigenvalue weighted by Gasteiger charge is 2.23. The van der Waals surface area contributed by atoms with Crippen LogP contribution in [0.15, 0.2) is 320 Å². The summed E-state index contributed by atoms with van der Waals surface area (Å²) in [5.41, 5.74) is 13.5. The van der Waals surface area contributed by atoms with Crippen molar-refractivity contribution in [3.05, 3.63) is 320 Å². The number of benzene rings is 18. The van der Waals surface area contributed by atoms with Crippen molar-refractivity contribution in [3.63, 3.8) is 0 Å². The quantitative estimate of drug-likeness (QED) is 0.0858. The summed E-state index contributed by atoms with van der Waals surface area (Å²) in [7, 11) is 9.78. The van der Waals surface area contributed by atoms with Gasteiger partial charge >= 0.3 is 7.12 Å². The van der Waals surface area contributed by atoms with Crippen LogP contribution in [0.3, 0.4) is 0 Å². The van der Waals surface area contributed by atoms with Crippen molar-refractivity contribution in [2.45, 2.75) is 0 Å². The third kappa shape index (κ3) is 9.46. The molecule has 0 atom stereocenters. The average Bonchev–Trinajstić information content (AvgIpc) is 1.42. The van der Waals surface area contributed by atoms with Gasteiger partial charge in [-0.25, -0.2) is 0 Å². The summed E-state index contributed by atoms with van der Waals surface area (Å²) in [6, 6.07) is 113. The fourth-order valence-electron chi connectivity index (χ4n) is 14.3. The van der Waals surface area contributed by atoms with Gasteiger partial charge in [-0.1, -0.05) is 313 Å². The summed E-state index contributed by atoms with van der Waals surface area (Å²) < 4.78 is 10.8. The first-order chi connectivity index (χ1) is 44.5. The van der Waals surface area contributed by atoms with Gasteiger partial charge in [0, 0.05) is 4.47 Å². The zero-order chi connectivity index (χ0) is 60.2. The molecule has 90 heavy (non-hydrogen) atoms. The molecule has 0 heterocycles. The first kappa shape index (κ1) is 55.0. The minimum Gasteiger partial charge on any atom is -0.480 e. The largest absolute Gasteiger partial charge is 0.480 e. The van der Waals surface area contributed by atoms with Crippen molar-refractivity contribution in [3.8, 4) is 55.6 Å². The lowest BCUT2D eigenvalue weighted by Gasteiger charge is -2.19. The fourth-order valence-corrected chi connectivity index (χ4v) is 14.7. The Labute approximate surface area is 533 Å². The van der Waals surface area contributed by atoms with E-state index in [2.05, 4.69) is 319 Å². The first-order valence-electron chi connectivity index (χ1n) is 30.4. The van der Waals surface area contributed by atoms with Crippen LogP contribution in [0.1, 0.15) is 0 Å². The molecule has 0 spiro atoms. The summed E-state index contributed by atoms with van der Waals surface area (Å²) in [6.07, 6.45) is 0. The second kappa shape index (κ2) is 23.3. The van der Waals surface area contributed by atoms with E-state index < -0.39 is 7.12 Å². The second-order valence-corrected chi connectivity index (χ2v) is 24.0. The van der Waals surface area contributed by atoms with E-state index in [4.69, 9.17) is 25.2 Å². The Kier molecular flexibility index (Phi) is 14.3. The summed E-state index contributed by atoms with van der Waals surface area (Å²) >= 11 is 3.68. The monoisotopic (exact) mass is 1200 g/mol. The average molecular weight is 1210 g/mol. The van der Waals surface area contributed by atoms with Crippen LogP contribution in [0.2, 0.25) is 0 Å². The van der Waals surface area contributed by atoms with E-state index >= 15 is 0 Å². The van der Waals surface area contributed by atoms with Crippen LogP contribution < -0.4 is 5.46 Å². The smallest absolute Gasteiger partial charge is 0.462 e. The molecule has 0 unspecified atom stereocenters. The molecule has 416 valence electrons. The van der Waals surface area contributed by atoms with E-state index in [1.807, 2.05) is 12.1 Å². The summed E-state index contributed by atoms with van der Waals surface area (Å²) in [5, 5.41) is 25.2. The number of hydrogen-bond donors (Lipinski definition) is 0. The molecule has 0 aliphatic rings. The Balaban J connectivity index is 0.000000116. The molecule has 0 fully saturated rings. The van der Waals surface area contributed by atoms with Gasteiger partial charge in [-0.05, 0) is 187 Å². The molecular weight excluding hydrogens is 1150 g/mol. The third-order valence-corrected chi connectivity index (χ3v) is 18.7. The van der Waals surface area contributed by atoms with E-state index in [0.717, 1.165) is 15.3 Å². The highest BCUT2D eigenvalue weighted by atomic mass is 79.9. The van der Waals surface area contributed by atoms with Crippen molar-refractivity contribution in [2.24, 2.45) is 0 Å². The molecule has 6 heteroatoms. The van der Waals surface area contributed by atoms with Crippen molar-refractivity contribution in [2.75, 3.05) is 0 Å². The Morgan fingerprint density at radius 1 is 0.233 bits per heavy atom. The molecule has 0 saturated heterocycles. The van der Waals surface area contributed by atoms with Crippen LogP contribution in [0.4, 0.5) is 0 Å². The van der Waals surface area contributed by atoms with Crippen molar-refractivity contribution in [1.82, 2.24) is 0 Å². The van der Waals surface area contributed by atoms with Crippen LogP contribution in [0.25, 0.3) is 163 Å². The number of fused-ring (bicyclic) bond motifs is 4. The van der Waals surface area contributed by atoms with Crippen molar-refractivity contribution < 1.29 is 9.14 Å². The second-order valence-electron chi connectivity index (χ2n) is 23.1. The first-order valence-corrected chi connectivity index (χ1v) is 31.2. The van der Waals surface area contributed by atoms with Crippen LogP contribution in [0.5, 0.6) is 0 Å². The third-order valence-electron chi connectivity index (χ3n) is 18.2. The molecule has 0 aromatic heterocycles. The van der Waals surface area contributed by atoms with Gasteiger partial charge in [-0.2, -0.15) is 0 Å². The highest BCUT2D eigenvalue weighted by molar-refractivity contribution is 9.10. The Morgan fingerprint density at radius 2 is 0.556 bits per heavy atom. The van der Waals surface area contributed by atoms with E-state index in [0.29, 0.717) is 0 Å². The molecule has 0 N–H and O–H groups in total. The van der Waals surface area contributed by atoms with Gasteiger partial charge in [0.25, 0.3) is 16.1 Å². The van der Waals surface area contributed by atoms with E-state index in [1.165, 1.54) is 158 Å². The lowest BCUT2D eigenvalue weighted by atomic mass is 9.73. The molecule has 0 aliphatic heterocycles. The van der Waals surface area contributed by atoms with E-state index in [9.17, 15) is 0 Å². The van der Waals surface area contributed by atoms with Gasteiger partial charge < -0.3 is 9.14 Å². The van der Waals surface area contributed by atoms with Gasteiger partial charge in [0.2, 0.25) is 0 Å². The maximum atomic E-state index is 5.28. The zero-order valence-corrected chi connectivity index (χ0v) is 50.5. The normalized spacial score (nSPS) is 11.6. The maximum Gasteiger partial charge on any atom is 0.462 e. The maximum absolute atomic E-state index is 5.28. The Hall–Kier alpha value is -10.3. The molecular formula is C84H52B3BrO2. The molecule has 0 amide bonds. The minimum absolute atomic E-state index is 0.783. The van der Waals surface area contributed by atoms with Crippen LogP contribution >= 0.6 is 15.9 Å². The predicted molar refractivity (Wildman–Crippen MR) is 391 cm³/mol. The van der Waals surface area contributed by atoms with Crippen molar-refractivity contribution in [1.29, 1.82) is 0 Å². The number of halogens is 1. The van der Waals surface area contributed by atoms with Gasteiger partial charge in [0.05, 0.1) is 0 Å². The molecule has 2 nitrogen and oxygen atoms in total. The standard InChI is InChI=1S/C42H26.C26H17Br.C16H9B3O2/c1-3-10-27(11-4-1)40-34-16-7-8-17-35(34)41(28-12-5-2-6-13-28)38-26-32(22-25-37(38)40)33-23-20-31-19-18-29-14-9-15-30-21-24-36(33)42(31)39(29)30;27-20-15-16-23-24(17-20)26(19-11-5-2-6-12-19)22-14-8-7-13-21(22)25(23)18-9-3-1-4-10-18;17-20-19(21-18)14-9-7-12-5-4-10-2-1-3-11-6-8-13(14)16(12)15(10)11/h1-26H;1-17H;1-9H. The van der Waals surface area contributed by atoms with E-state index in [-0.39, 0.29) is 0 Å². The summed E-state index contributed by atoms with van der Waals surface area (Å²) in [5.74, 6) is 0. The topological polar surface area (TPSA) is 18.5 Å². The molecule has 0 saturated carbocycles. The predicted octanol–water partition coefficient (Wildman–Crippen LogP) is 22.5. The number of rotatable bonds is 8. The molecule has 18 rings (SSSR count). The van der Waals surface area contributed by atoms with Gasteiger partial charge in [0.15, 0.2) is 0 Å². The van der Waals surface area contributed by atoms with Gasteiger partial charge in [-0.15, -0.1) is 0 Å². The fraction of sp³-hybridized carbons (Fsp3) is 0. The van der Waals surface area contributed by atoms with Crippen LogP contribution in [0, 0.1) is 0 Å². The molecule has 4 radical (unpaired) electrons. The summed E-state index contributed by atoms with van der Waals surface area (Å²) in [6.45, 7) is 0. The Bertz CT molecular complexity index is 5670. The van der Waals surface area contributed by atoms with Crippen molar-refractivity contribution >= 4 is 152 Å². The molecule has 18 aromatic rings. The number of hydrogen-bond acceptors (Lipinski definition) is 2. The Morgan fingerprint density at radius 3 is 1.00 bits per heavy atom. The van der Waals surface area contributed by atoms with Gasteiger partial charge in [0.1, 0.15) is 0 Å². The van der Waals surface area contributed by atoms with Crippen LogP contribution in [-0.2, 0) is 9.14 Å². The molecule has 0 aliphatic carbocycles. The highest BCUT2D eigenvalue weighted by Crippen LogP contribution is 2.48. The van der Waals surface area contributed by atoms with Crippen LogP contribution in [-0.4, -0.2) is 23.2 Å². The minimum atomic E-state index is -0.783. The van der Waals surface area contributed by atoms with E-state index in [1.54, 1.807) is 0 Å². The lowest BCUT2D eigenvalue weighted by molar-refractivity contribution is 0.491. The zero-order valence-electron chi connectivity index (χ0n) is 48.9. The molecule has 0 bridgehead atoms. The summed E-state index contributed by atoms with van der Waals surface area (Å²) in [4.78, 5) is 0. The molecule has 18 aromatic carbocycles. The lowest BCUT2D eigenvalue weighted by Crippen LogP contribution is -2.36. The van der Waals surface area contributed by atoms with Gasteiger partial charge in [-0.3, -0.25) is 0 Å². The SMILES string of the molecule is Brc1ccc2c(-c3ccccc3)c3ccccc3c(-c3ccccc3)c2c1.[B]OB(O[B])c1ccc2ccc3cccc4ccc1c2c34.c1ccc(-c2c3ccccc3c(-c3ccccc3)c3cc(-c4ccc5ccc6cccc7ccc4c5c67)ccc23)cc1.